The largest absolute Gasteiger partial charge is 0.276 e. The van der Waals surface area contributed by atoms with Crippen LogP contribution in [-0.2, 0) is 0 Å². The Morgan fingerprint density at radius 3 is 2.53 bits per heavy atom. The van der Waals surface area contributed by atoms with Crippen molar-refractivity contribution in [1.82, 2.24) is 19.5 Å². The van der Waals surface area contributed by atoms with E-state index in [4.69, 9.17) is 15.0 Å². The van der Waals surface area contributed by atoms with Crippen LogP contribution in [0.15, 0.2) is 97.3 Å². The minimum Gasteiger partial charge on any atom is -0.276 e. The highest BCUT2D eigenvalue weighted by Gasteiger charge is 2.21. The van der Waals surface area contributed by atoms with Gasteiger partial charge in [-0.3, -0.25) is 9.55 Å². The SMILES string of the molecule is c1ccc2nc(-n3c4ccc5cccnc5c4c4ccc5c6ccccc6sc5c43)ncc2c1. The summed E-state index contributed by atoms with van der Waals surface area (Å²) in [7, 11) is 0. The molecule has 0 spiro atoms. The van der Waals surface area contributed by atoms with Gasteiger partial charge < -0.3 is 0 Å². The van der Waals surface area contributed by atoms with Crippen LogP contribution in [-0.4, -0.2) is 19.5 Å². The van der Waals surface area contributed by atoms with Crippen molar-refractivity contribution in [2.45, 2.75) is 0 Å². The number of pyridine rings is 1. The molecule has 0 aliphatic carbocycles. The molecular formula is C29H16N4S. The van der Waals surface area contributed by atoms with Gasteiger partial charge in [0.15, 0.2) is 0 Å². The topological polar surface area (TPSA) is 43.6 Å². The second kappa shape index (κ2) is 6.59. The summed E-state index contributed by atoms with van der Waals surface area (Å²) in [6, 6.07) is 29.7. The van der Waals surface area contributed by atoms with E-state index in [0.717, 1.165) is 38.2 Å². The highest BCUT2D eigenvalue weighted by molar-refractivity contribution is 7.26. The molecule has 0 aliphatic heterocycles. The number of hydrogen-bond donors (Lipinski definition) is 0. The van der Waals surface area contributed by atoms with Crippen molar-refractivity contribution in [1.29, 1.82) is 0 Å². The minimum atomic E-state index is 0.680. The average molecular weight is 453 g/mol. The number of nitrogens with zero attached hydrogens (tertiary/aromatic N) is 4. The van der Waals surface area contributed by atoms with Gasteiger partial charge in [-0.15, -0.1) is 11.3 Å². The van der Waals surface area contributed by atoms with Gasteiger partial charge >= 0.3 is 0 Å². The summed E-state index contributed by atoms with van der Waals surface area (Å²) < 4.78 is 4.75. The molecule has 4 aromatic heterocycles. The molecular weight excluding hydrogens is 436 g/mol. The fourth-order valence-corrected chi connectivity index (χ4v) is 6.42. The van der Waals surface area contributed by atoms with Crippen LogP contribution in [0, 0.1) is 0 Å². The molecule has 0 aliphatic rings. The van der Waals surface area contributed by atoms with Gasteiger partial charge in [-0.1, -0.05) is 60.7 Å². The standard InChI is InChI=1S/C29H16N4S/c1-3-9-22-18(6-1)16-31-29(32-22)33-23-14-11-17-7-5-15-30-26(17)25(23)21-13-12-20-19-8-2-4-10-24(19)34-28(20)27(21)33/h1-16H. The monoisotopic (exact) mass is 452 g/mol. The minimum absolute atomic E-state index is 0.680. The molecule has 34 heavy (non-hydrogen) atoms. The van der Waals surface area contributed by atoms with Crippen LogP contribution in [0.2, 0.25) is 0 Å². The third kappa shape index (κ3) is 2.34. The summed E-state index contributed by atoms with van der Waals surface area (Å²) in [6.07, 6.45) is 3.79. The maximum Gasteiger partial charge on any atom is 0.235 e. The molecule has 4 aromatic carbocycles. The van der Waals surface area contributed by atoms with E-state index < -0.39 is 0 Å². The van der Waals surface area contributed by atoms with Gasteiger partial charge in [-0.05, 0) is 24.3 Å². The van der Waals surface area contributed by atoms with Gasteiger partial charge in [0.25, 0.3) is 0 Å². The predicted molar refractivity (Wildman–Crippen MR) is 142 cm³/mol. The van der Waals surface area contributed by atoms with Crippen molar-refractivity contribution in [2.75, 3.05) is 0 Å². The number of hydrogen-bond acceptors (Lipinski definition) is 4. The number of thiophene rings is 1. The lowest BCUT2D eigenvalue weighted by Crippen LogP contribution is -2.01. The van der Waals surface area contributed by atoms with Crippen LogP contribution in [0.4, 0.5) is 0 Å². The molecule has 4 nitrogen and oxygen atoms in total. The Balaban J connectivity index is 1.64. The van der Waals surface area contributed by atoms with E-state index in [0.29, 0.717) is 5.95 Å². The molecule has 4 heterocycles. The fraction of sp³-hybridized carbons (Fsp3) is 0. The number of rotatable bonds is 1. The summed E-state index contributed by atoms with van der Waals surface area (Å²) in [4.78, 5) is 14.6. The Bertz CT molecular complexity index is 2080. The van der Waals surface area contributed by atoms with Gasteiger partial charge in [0, 0.05) is 49.4 Å². The van der Waals surface area contributed by atoms with Crippen molar-refractivity contribution in [3.63, 3.8) is 0 Å². The molecule has 0 unspecified atom stereocenters. The average Bonchev–Trinajstić information content (AvgIpc) is 3.44. The molecule has 0 N–H and O–H groups in total. The van der Waals surface area contributed by atoms with E-state index in [2.05, 4.69) is 59.2 Å². The first kappa shape index (κ1) is 18.1. The first-order valence-corrected chi connectivity index (χ1v) is 12.0. The van der Waals surface area contributed by atoms with Crippen LogP contribution in [0.3, 0.4) is 0 Å². The van der Waals surface area contributed by atoms with Gasteiger partial charge in [0.2, 0.25) is 5.95 Å². The van der Waals surface area contributed by atoms with Gasteiger partial charge in [0.05, 0.1) is 26.8 Å². The van der Waals surface area contributed by atoms with E-state index in [9.17, 15) is 0 Å². The second-order valence-electron chi connectivity index (χ2n) is 8.54. The Kier molecular flexibility index (Phi) is 3.51. The molecule has 0 saturated heterocycles. The van der Waals surface area contributed by atoms with Gasteiger partial charge in [0.1, 0.15) is 0 Å². The number of aromatic nitrogens is 4. The molecule has 0 fully saturated rings. The van der Waals surface area contributed by atoms with E-state index in [-0.39, 0.29) is 0 Å². The Morgan fingerprint density at radius 1 is 0.676 bits per heavy atom. The quantitative estimate of drug-likeness (QED) is 0.257. The zero-order valence-electron chi connectivity index (χ0n) is 17.9. The summed E-state index contributed by atoms with van der Waals surface area (Å²) in [5, 5.41) is 7.02. The molecule has 8 aromatic rings. The lowest BCUT2D eigenvalue weighted by Gasteiger charge is -2.08. The number of benzene rings is 4. The zero-order valence-corrected chi connectivity index (χ0v) is 18.8. The number of fused-ring (bicyclic) bond motifs is 10. The second-order valence-corrected chi connectivity index (χ2v) is 9.59. The third-order valence-electron chi connectivity index (χ3n) is 6.68. The Hall–Kier alpha value is -4.35. The van der Waals surface area contributed by atoms with E-state index in [1.54, 1.807) is 0 Å². The maximum atomic E-state index is 4.99. The van der Waals surface area contributed by atoms with Gasteiger partial charge in [-0.2, -0.15) is 0 Å². The molecule has 0 bridgehead atoms. The normalized spacial score (nSPS) is 12.1. The molecule has 5 heteroatoms. The molecule has 8 rings (SSSR count). The fourth-order valence-electron chi connectivity index (χ4n) is 5.18. The number of para-hydroxylation sites is 1. The van der Waals surface area contributed by atoms with Gasteiger partial charge in [-0.25, -0.2) is 9.97 Å². The maximum absolute atomic E-state index is 4.99. The highest BCUT2D eigenvalue weighted by Crippen LogP contribution is 2.43. The molecule has 0 atom stereocenters. The molecule has 158 valence electrons. The summed E-state index contributed by atoms with van der Waals surface area (Å²) in [5.74, 6) is 0.680. The lowest BCUT2D eigenvalue weighted by molar-refractivity contribution is 1.01. The lowest BCUT2D eigenvalue weighted by atomic mass is 10.1. The van der Waals surface area contributed by atoms with Crippen molar-refractivity contribution in [3.05, 3.63) is 97.3 Å². The Morgan fingerprint density at radius 2 is 1.53 bits per heavy atom. The van der Waals surface area contributed by atoms with Crippen molar-refractivity contribution in [2.24, 2.45) is 0 Å². The van der Waals surface area contributed by atoms with Crippen LogP contribution in [0.5, 0.6) is 0 Å². The summed E-state index contributed by atoms with van der Waals surface area (Å²) in [5.41, 5.74) is 4.15. The summed E-state index contributed by atoms with van der Waals surface area (Å²) in [6.45, 7) is 0. The van der Waals surface area contributed by atoms with Crippen molar-refractivity contribution >= 4 is 75.1 Å². The first-order valence-electron chi connectivity index (χ1n) is 11.2. The van der Waals surface area contributed by atoms with E-state index >= 15 is 0 Å². The van der Waals surface area contributed by atoms with Crippen LogP contribution in [0.1, 0.15) is 0 Å². The third-order valence-corrected chi connectivity index (χ3v) is 7.88. The van der Waals surface area contributed by atoms with Crippen LogP contribution < -0.4 is 0 Å². The predicted octanol–water partition coefficient (Wildman–Crippen LogP) is 7.64. The molecule has 0 saturated carbocycles. The smallest absolute Gasteiger partial charge is 0.235 e. The zero-order chi connectivity index (χ0) is 22.2. The Labute approximate surface area is 197 Å². The van der Waals surface area contributed by atoms with Crippen LogP contribution in [0.25, 0.3) is 69.7 Å². The van der Waals surface area contributed by atoms with E-state index in [1.807, 2.05) is 54.1 Å². The molecule has 0 amide bonds. The van der Waals surface area contributed by atoms with Crippen molar-refractivity contribution < 1.29 is 0 Å². The van der Waals surface area contributed by atoms with Crippen LogP contribution >= 0.6 is 11.3 Å². The molecule has 0 radical (unpaired) electrons. The first-order chi connectivity index (χ1) is 16.9. The summed E-state index contributed by atoms with van der Waals surface area (Å²) >= 11 is 1.83. The highest BCUT2D eigenvalue weighted by atomic mass is 32.1. The van der Waals surface area contributed by atoms with E-state index in [1.165, 1.54) is 25.6 Å². The van der Waals surface area contributed by atoms with Crippen molar-refractivity contribution in [3.8, 4) is 5.95 Å².